The van der Waals surface area contributed by atoms with Crippen molar-refractivity contribution in [2.45, 2.75) is 20.0 Å². The molecular weight excluding hydrogens is 312 g/mol. The van der Waals surface area contributed by atoms with Gasteiger partial charge in [0.25, 0.3) is 0 Å². The summed E-state index contributed by atoms with van der Waals surface area (Å²) in [5.41, 5.74) is 4.92. The minimum Gasteiger partial charge on any atom is -0.497 e. The van der Waals surface area contributed by atoms with Crippen molar-refractivity contribution in [2.75, 3.05) is 44.7 Å². The van der Waals surface area contributed by atoms with Gasteiger partial charge in [-0.2, -0.15) is 0 Å². The van der Waals surface area contributed by atoms with Crippen molar-refractivity contribution in [1.29, 1.82) is 0 Å². The standard InChI is InChI=1S/C21H28N2O2/c1-16-4-5-17(2)20(14-16)23-12-10-22(11-13-23)15-21(24)18-6-8-19(25-3)9-7-18/h4-9,14,21,24H,10-13,15H2,1-3H3/t21-/m1/s1. The number of benzene rings is 2. The van der Waals surface area contributed by atoms with Crippen LogP contribution in [0.5, 0.6) is 5.75 Å². The summed E-state index contributed by atoms with van der Waals surface area (Å²) in [7, 11) is 1.65. The number of hydrogen-bond donors (Lipinski definition) is 1. The fourth-order valence-corrected chi connectivity index (χ4v) is 3.41. The van der Waals surface area contributed by atoms with Crippen molar-refractivity contribution in [3.8, 4) is 5.75 Å². The molecule has 1 N–H and O–H groups in total. The Kier molecular flexibility index (Phi) is 5.61. The van der Waals surface area contributed by atoms with E-state index in [1.165, 1.54) is 16.8 Å². The van der Waals surface area contributed by atoms with E-state index in [1.807, 2.05) is 24.3 Å². The van der Waals surface area contributed by atoms with Crippen LogP contribution in [0.25, 0.3) is 0 Å². The molecule has 1 fully saturated rings. The first-order valence-electron chi connectivity index (χ1n) is 8.93. The highest BCUT2D eigenvalue weighted by Gasteiger charge is 2.21. The zero-order chi connectivity index (χ0) is 17.8. The van der Waals surface area contributed by atoms with Crippen LogP contribution in [0.4, 0.5) is 5.69 Å². The Morgan fingerprint density at radius 2 is 1.68 bits per heavy atom. The summed E-state index contributed by atoms with van der Waals surface area (Å²) in [6, 6.07) is 14.3. The number of β-amino-alcohol motifs (C(OH)–C–C–N with tert-alkyl or cyclic N) is 1. The lowest BCUT2D eigenvalue weighted by atomic mass is 10.1. The van der Waals surface area contributed by atoms with E-state index in [2.05, 4.69) is 41.8 Å². The fourth-order valence-electron chi connectivity index (χ4n) is 3.41. The lowest BCUT2D eigenvalue weighted by Gasteiger charge is -2.37. The van der Waals surface area contributed by atoms with E-state index in [0.717, 1.165) is 37.5 Å². The summed E-state index contributed by atoms with van der Waals surface area (Å²) in [4.78, 5) is 4.80. The monoisotopic (exact) mass is 340 g/mol. The van der Waals surface area contributed by atoms with Gasteiger partial charge in [-0.1, -0.05) is 24.3 Å². The van der Waals surface area contributed by atoms with E-state index >= 15 is 0 Å². The molecular formula is C21H28N2O2. The third-order valence-corrected chi connectivity index (χ3v) is 5.01. The summed E-state index contributed by atoms with van der Waals surface area (Å²) >= 11 is 0. The molecule has 0 aromatic heterocycles. The highest BCUT2D eigenvalue weighted by Crippen LogP contribution is 2.24. The molecule has 134 valence electrons. The van der Waals surface area contributed by atoms with Crippen LogP contribution in [-0.2, 0) is 0 Å². The second-order valence-corrected chi connectivity index (χ2v) is 6.87. The third kappa shape index (κ3) is 4.33. The van der Waals surface area contributed by atoms with Gasteiger partial charge in [0.15, 0.2) is 0 Å². The van der Waals surface area contributed by atoms with Gasteiger partial charge in [0.2, 0.25) is 0 Å². The molecule has 0 unspecified atom stereocenters. The molecule has 1 atom stereocenters. The lowest BCUT2D eigenvalue weighted by Crippen LogP contribution is -2.47. The SMILES string of the molecule is COc1ccc([C@H](O)CN2CCN(c3cc(C)ccc3C)CC2)cc1. The molecule has 0 aliphatic carbocycles. The van der Waals surface area contributed by atoms with Gasteiger partial charge in [0.05, 0.1) is 13.2 Å². The molecule has 4 heteroatoms. The van der Waals surface area contributed by atoms with Crippen LogP contribution in [0.2, 0.25) is 0 Å². The lowest BCUT2D eigenvalue weighted by molar-refractivity contribution is 0.109. The molecule has 3 rings (SSSR count). The van der Waals surface area contributed by atoms with E-state index < -0.39 is 6.10 Å². The fraction of sp³-hybridized carbons (Fsp3) is 0.429. The number of aliphatic hydroxyl groups excluding tert-OH is 1. The van der Waals surface area contributed by atoms with Crippen molar-refractivity contribution in [3.63, 3.8) is 0 Å². The molecule has 0 bridgehead atoms. The maximum Gasteiger partial charge on any atom is 0.118 e. The number of hydrogen-bond acceptors (Lipinski definition) is 4. The van der Waals surface area contributed by atoms with E-state index in [4.69, 9.17) is 4.74 Å². The van der Waals surface area contributed by atoms with E-state index in [-0.39, 0.29) is 0 Å². The first-order chi connectivity index (χ1) is 12.1. The maximum absolute atomic E-state index is 10.5. The number of rotatable bonds is 5. The molecule has 0 saturated carbocycles. The number of nitrogens with zero attached hydrogens (tertiary/aromatic N) is 2. The summed E-state index contributed by atoms with van der Waals surface area (Å²) in [5.74, 6) is 0.818. The average molecular weight is 340 g/mol. The third-order valence-electron chi connectivity index (χ3n) is 5.01. The Morgan fingerprint density at radius 3 is 2.32 bits per heavy atom. The Balaban J connectivity index is 1.56. The van der Waals surface area contributed by atoms with Gasteiger partial charge in [-0.15, -0.1) is 0 Å². The van der Waals surface area contributed by atoms with Gasteiger partial charge >= 0.3 is 0 Å². The normalized spacial score (nSPS) is 16.7. The molecule has 1 saturated heterocycles. The molecule has 2 aromatic rings. The Bertz CT molecular complexity index is 692. The van der Waals surface area contributed by atoms with Crippen LogP contribution >= 0.6 is 0 Å². The second kappa shape index (κ2) is 7.89. The summed E-state index contributed by atoms with van der Waals surface area (Å²) in [6.45, 7) is 8.94. The van der Waals surface area contributed by atoms with Gasteiger partial charge in [0.1, 0.15) is 5.75 Å². The maximum atomic E-state index is 10.5. The molecule has 1 aliphatic heterocycles. The summed E-state index contributed by atoms with van der Waals surface area (Å²) in [5, 5.41) is 10.5. The van der Waals surface area contributed by atoms with Crippen LogP contribution in [0.3, 0.4) is 0 Å². The van der Waals surface area contributed by atoms with Gasteiger partial charge in [-0.25, -0.2) is 0 Å². The highest BCUT2D eigenvalue weighted by molar-refractivity contribution is 5.55. The largest absolute Gasteiger partial charge is 0.497 e. The predicted octanol–water partition coefficient (Wildman–Crippen LogP) is 3.17. The number of aryl methyl sites for hydroxylation is 2. The van der Waals surface area contributed by atoms with Crippen molar-refractivity contribution < 1.29 is 9.84 Å². The number of aliphatic hydroxyl groups is 1. The zero-order valence-electron chi connectivity index (χ0n) is 15.4. The molecule has 1 aliphatic rings. The van der Waals surface area contributed by atoms with Crippen molar-refractivity contribution in [3.05, 3.63) is 59.2 Å². The average Bonchev–Trinajstić information content (AvgIpc) is 2.64. The quantitative estimate of drug-likeness (QED) is 0.907. The Morgan fingerprint density at radius 1 is 1.00 bits per heavy atom. The van der Waals surface area contributed by atoms with Gasteiger partial charge < -0.3 is 14.7 Å². The van der Waals surface area contributed by atoms with Gasteiger partial charge in [0, 0.05) is 38.4 Å². The predicted molar refractivity (Wildman–Crippen MR) is 103 cm³/mol. The van der Waals surface area contributed by atoms with Crippen molar-refractivity contribution >= 4 is 5.69 Å². The van der Waals surface area contributed by atoms with Crippen LogP contribution in [-0.4, -0.2) is 49.8 Å². The zero-order valence-corrected chi connectivity index (χ0v) is 15.4. The van der Waals surface area contributed by atoms with E-state index in [1.54, 1.807) is 7.11 Å². The number of piperazine rings is 1. The number of ether oxygens (including phenoxy) is 1. The molecule has 2 aromatic carbocycles. The first kappa shape index (κ1) is 17.8. The van der Waals surface area contributed by atoms with Gasteiger partial charge in [-0.05, 0) is 48.7 Å². The Labute approximate surface area is 150 Å². The van der Waals surface area contributed by atoms with Crippen LogP contribution in [0.15, 0.2) is 42.5 Å². The first-order valence-corrected chi connectivity index (χ1v) is 8.93. The highest BCUT2D eigenvalue weighted by atomic mass is 16.5. The molecule has 4 nitrogen and oxygen atoms in total. The van der Waals surface area contributed by atoms with E-state index in [0.29, 0.717) is 6.54 Å². The second-order valence-electron chi connectivity index (χ2n) is 6.87. The number of methoxy groups -OCH3 is 1. The van der Waals surface area contributed by atoms with Crippen molar-refractivity contribution in [1.82, 2.24) is 4.90 Å². The van der Waals surface area contributed by atoms with E-state index in [9.17, 15) is 5.11 Å². The minimum absolute atomic E-state index is 0.460. The minimum atomic E-state index is -0.460. The van der Waals surface area contributed by atoms with Gasteiger partial charge in [-0.3, -0.25) is 4.90 Å². The molecule has 0 amide bonds. The van der Waals surface area contributed by atoms with Crippen LogP contribution in [0, 0.1) is 13.8 Å². The molecule has 0 radical (unpaired) electrons. The molecule has 25 heavy (non-hydrogen) atoms. The molecule has 0 spiro atoms. The van der Waals surface area contributed by atoms with Crippen molar-refractivity contribution in [2.24, 2.45) is 0 Å². The van der Waals surface area contributed by atoms with Crippen LogP contribution in [0.1, 0.15) is 22.8 Å². The van der Waals surface area contributed by atoms with Crippen LogP contribution < -0.4 is 9.64 Å². The smallest absolute Gasteiger partial charge is 0.118 e. The summed E-state index contributed by atoms with van der Waals surface area (Å²) < 4.78 is 5.17. The molecule has 1 heterocycles. The Hall–Kier alpha value is -2.04. The topological polar surface area (TPSA) is 35.9 Å². The number of anilines is 1. The summed E-state index contributed by atoms with van der Waals surface area (Å²) in [6.07, 6.45) is -0.460.